The van der Waals surface area contributed by atoms with Crippen LogP contribution >= 0.6 is 0 Å². The summed E-state index contributed by atoms with van der Waals surface area (Å²) < 4.78 is 4.73. The molecule has 0 aliphatic heterocycles. The van der Waals surface area contributed by atoms with Crippen LogP contribution < -0.4 is 5.73 Å². The van der Waals surface area contributed by atoms with Crippen LogP contribution in [0.3, 0.4) is 0 Å². The van der Waals surface area contributed by atoms with Gasteiger partial charge in [-0.25, -0.2) is 0 Å². The van der Waals surface area contributed by atoms with Crippen LogP contribution in [0.25, 0.3) is 5.76 Å². The van der Waals surface area contributed by atoms with Gasteiger partial charge in [0.25, 0.3) is 5.91 Å². The minimum Gasteiger partial charge on any atom is -0.508 e. The largest absolute Gasteiger partial charge is 0.508 e. The number of rotatable bonds is 5. The topological polar surface area (TPSA) is 188 Å². The average Bonchev–Trinajstić information content (AvgIpc) is 2.80. The molecule has 1 aromatic carbocycles. The first-order chi connectivity index (χ1) is 17.6. The van der Waals surface area contributed by atoms with Crippen molar-refractivity contribution >= 4 is 29.2 Å². The van der Waals surface area contributed by atoms with Crippen LogP contribution in [0.5, 0.6) is 5.75 Å². The lowest BCUT2D eigenvalue weighted by Gasteiger charge is -2.59. The zero-order valence-corrected chi connectivity index (χ0v) is 21.9. The molecule has 1 saturated carbocycles. The number of amides is 1. The fourth-order valence-electron chi connectivity index (χ4n) is 6.96. The summed E-state index contributed by atoms with van der Waals surface area (Å²) in [6.07, 6.45) is 0.334. The Balaban J connectivity index is 2.00. The minimum atomic E-state index is -2.77. The summed E-state index contributed by atoms with van der Waals surface area (Å²) in [7, 11) is 4.36. The van der Waals surface area contributed by atoms with Gasteiger partial charge in [-0.2, -0.15) is 0 Å². The number of aliphatic hydroxyl groups excluding tert-OH is 2. The highest BCUT2D eigenvalue weighted by Crippen LogP contribution is 2.63. The van der Waals surface area contributed by atoms with Crippen molar-refractivity contribution in [2.45, 2.75) is 51.2 Å². The molecule has 3 aliphatic carbocycles. The molecular weight excluding hydrogens is 496 g/mol. The van der Waals surface area contributed by atoms with Gasteiger partial charge in [0.2, 0.25) is 5.78 Å². The maximum Gasteiger partial charge on any atom is 0.305 e. The van der Waals surface area contributed by atoms with Gasteiger partial charge in [-0.05, 0) is 50.6 Å². The number of ether oxygens (including phenoxy) is 1. The van der Waals surface area contributed by atoms with Crippen LogP contribution in [-0.2, 0) is 36.8 Å². The third kappa shape index (κ3) is 3.41. The van der Waals surface area contributed by atoms with Gasteiger partial charge in [0.1, 0.15) is 22.8 Å². The summed E-state index contributed by atoms with van der Waals surface area (Å²) in [5.41, 5.74) is -0.166. The Labute approximate surface area is 219 Å². The summed E-state index contributed by atoms with van der Waals surface area (Å²) in [4.78, 5) is 53.0. The van der Waals surface area contributed by atoms with Crippen molar-refractivity contribution < 1.29 is 44.3 Å². The molecule has 3 aliphatic rings. The number of nitrogens with two attached hydrogens (primary N) is 1. The number of benzene rings is 1. The van der Waals surface area contributed by atoms with E-state index in [0.717, 1.165) is 0 Å². The highest BCUT2D eigenvalue weighted by Gasteiger charge is 2.72. The van der Waals surface area contributed by atoms with E-state index in [9.17, 15) is 39.6 Å². The normalized spacial score (nSPS) is 30.7. The highest BCUT2D eigenvalue weighted by molar-refractivity contribution is 6.25. The predicted octanol–water partition coefficient (Wildman–Crippen LogP) is 0.850. The van der Waals surface area contributed by atoms with Crippen LogP contribution in [0, 0.1) is 10.8 Å². The van der Waals surface area contributed by atoms with E-state index in [-0.39, 0.29) is 42.6 Å². The van der Waals surface area contributed by atoms with Crippen molar-refractivity contribution in [1.29, 1.82) is 0 Å². The Morgan fingerprint density at radius 3 is 2.34 bits per heavy atom. The number of aryl methyl sites for hydroxylation is 1. The van der Waals surface area contributed by atoms with Crippen molar-refractivity contribution in [2.24, 2.45) is 16.6 Å². The summed E-state index contributed by atoms with van der Waals surface area (Å²) in [6.45, 7) is 3.18. The van der Waals surface area contributed by atoms with E-state index in [1.165, 1.54) is 25.0 Å². The summed E-state index contributed by atoms with van der Waals surface area (Å²) in [6, 6.07) is 1.74. The molecule has 4 rings (SSSR count). The van der Waals surface area contributed by atoms with Gasteiger partial charge in [0.15, 0.2) is 11.4 Å². The zero-order chi connectivity index (χ0) is 28.5. The second kappa shape index (κ2) is 8.67. The molecule has 1 fully saturated rings. The van der Waals surface area contributed by atoms with Crippen LogP contribution in [0.1, 0.15) is 43.4 Å². The average molecular weight is 529 g/mol. The first kappa shape index (κ1) is 27.3. The summed E-state index contributed by atoms with van der Waals surface area (Å²) >= 11 is 0. The third-order valence-corrected chi connectivity index (χ3v) is 8.44. The van der Waals surface area contributed by atoms with Crippen molar-refractivity contribution in [3.8, 4) is 5.75 Å². The molecule has 1 amide bonds. The number of phenols is 1. The number of hydrogen-bond donors (Lipinski definition) is 5. The second-order valence-electron chi connectivity index (χ2n) is 11.1. The molecule has 38 heavy (non-hydrogen) atoms. The number of Topliss-reactive ketones (excluding diaryl/α,β-unsaturated/α-hetero) is 2. The molecule has 4 atom stereocenters. The smallest absolute Gasteiger partial charge is 0.305 e. The molecule has 0 bridgehead atoms. The quantitative estimate of drug-likeness (QED) is 0.271. The number of carbonyl (C=O) groups is 4. The number of esters is 1. The van der Waals surface area contributed by atoms with Crippen molar-refractivity contribution in [2.75, 3.05) is 21.2 Å². The number of methoxy groups -OCH3 is 1. The molecule has 204 valence electrons. The third-order valence-electron chi connectivity index (χ3n) is 8.44. The van der Waals surface area contributed by atoms with E-state index < -0.39 is 63.0 Å². The fraction of sp³-hybridized carbons (Fsp3) is 0.481. The zero-order valence-electron chi connectivity index (χ0n) is 21.9. The molecule has 6 N–H and O–H groups in total. The van der Waals surface area contributed by atoms with Gasteiger partial charge in [-0.15, -0.1) is 0 Å². The van der Waals surface area contributed by atoms with E-state index in [4.69, 9.17) is 10.5 Å². The molecule has 11 heteroatoms. The Kier molecular flexibility index (Phi) is 6.24. The SMILES string of the molecule is COC(=O)CCc1ccc(O)c2c1C[C@]1(C)C[C@]3(C)C(N(C)C)C(=O)C(C(N)=O)=C(O)[C@@]3(O)C(=O)C1=C2O. The number of fused-ring (bicyclic) bond motifs is 3. The van der Waals surface area contributed by atoms with E-state index in [2.05, 4.69) is 0 Å². The summed E-state index contributed by atoms with van der Waals surface area (Å²) in [5, 5.41) is 45.1. The van der Waals surface area contributed by atoms with E-state index in [0.29, 0.717) is 11.1 Å². The Bertz CT molecular complexity index is 1360. The first-order valence-electron chi connectivity index (χ1n) is 12.1. The maximum atomic E-state index is 14.2. The lowest BCUT2D eigenvalue weighted by molar-refractivity contribution is -0.176. The van der Waals surface area contributed by atoms with E-state index in [1.807, 2.05) is 0 Å². The van der Waals surface area contributed by atoms with E-state index in [1.54, 1.807) is 27.1 Å². The van der Waals surface area contributed by atoms with Crippen molar-refractivity contribution in [1.82, 2.24) is 4.90 Å². The number of aromatic hydroxyl groups is 1. The molecule has 11 nitrogen and oxygen atoms in total. The number of likely N-dealkylation sites (N-methyl/N-ethyl adjacent to an activating group) is 1. The van der Waals surface area contributed by atoms with Crippen LogP contribution in [-0.4, -0.2) is 81.6 Å². The standard InChI is InChI=1S/C27H32N2O9/c1-25-10-13-12(7-9-15(31)38-5)6-8-14(30)16(13)19(32)18(25)23(35)27(37)22(34)17(24(28)36)20(33)21(29(3)4)26(27,2)11-25/h6,8,21,30,32,34,37H,7,9-11H2,1-5H3,(H2,28,36)/t21?,25-,26-,27-/m1/s1. The number of primary amides is 1. The number of carbonyl (C=O) groups excluding carboxylic acids is 4. The van der Waals surface area contributed by atoms with Gasteiger partial charge >= 0.3 is 5.97 Å². The summed E-state index contributed by atoms with van der Waals surface area (Å²) in [5.74, 6) is -5.70. The number of hydrogen-bond acceptors (Lipinski definition) is 10. The van der Waals surface area contributed by atoms with Crippen LogP contribution in [0.15, 0.2) is 29.0 Å². The molecule has 0 aromatic heterocycles. The monoisotopic (exact) mass is 528 g/mol. The molecule has 0 heterocycles. The second-order valence-corrected chi connectivity index (χ2v) is 11.1. The number of nitrogens with zero attached hydrogens (tertiary/aromatic N) is 1. The minimum absolute atomic E-state index is 0.0185. The molecule has 0 saturated heterocycles. The highest BCUT2D eigenvalue weighted by atomic mass is 16.5. The van der Waals surface area contributed by atoms with Crippen molar-refractivity contribution in [3.05, 3.63) is 45.7 Å². The van der Waals surface area contributed by atoms with Gasteiger partial charge in [0.05, 0.1) is 18.7 Å². The number of aliphatic hydroxyl groups is 3. The van der Waals surface area contributed by atoms with Crippen molar-refractivity contribution in [3.63, 3.8) is 0 Å². The van der Waals surface area contributed by atoms with Gasteiger partial charge in [0, 0.05) is 22.8 Å². The number of ketones is 2. The molecule has 1 unspecified atom stereocenters. The number of phenolic OH excluding ortho intramolecular Hbond substituents is 1. The predicted molar refractivity (Wildman–Crippen MR) is 134 cm³/mol. The van der Waals surface area contributed by atoms with Crippen LogP contribution in [0.2, 0.25) is 0 Å². The molecular formula is C27H32N2O9. The first-order valence-corrected chi connectivity index (χ1v) is 12.1. The molecule has 1 aromatic rings. The molecule has 0 spiro atoms. The van der Waals surface area contributed by atoms with Gasteiger partial charge < -0.3 is 30.9 Å². The lowest BCUT2D eigenvalue weighted by atomic mass is 9.46. The Hall–Kier alpha value is -3.70. The van der Waals surface area contributed by atoms with Gasteiger partial charge in [-0.1, -0.05) is 19.9 Å². The maximum absolute atomic E-state index is 14.2. The Morgan fingerprint density at radius 1 is 1.16 bits per heavy atom. The fourth-order valence-corrected chi connectivity index (χ4v) is 6.96. The van der Waals surface area contributed by atoms with E-state index >= 15 is 0 Å². The van der Waals surface area contributed by atoms with Crippen LogP contribution in [0.4, 0.5) is 0 Å². The lowest BCUT2D eigenvalue weighted by Crippen LogP contribution is -2.72. The van der Waals surface area contributed by atoms with Gasteiger partial charge in [-0.3, -0.25) is 24.1 Å². The Morgan fingerprint density at radius 2 is 1.79 bits per heavy atom. The molecule has 0 radical (unpaired) electrons.